The van der Waals surface area contributed by atoms with Crippen molar-refractivity contribution in [3.05, 3.63) is 21.3 Å². The number of benzene rings is 1. The highest BCUT2D eigenvalue weighted by atomic mass is 127. The number of hydrogen-bond acceptors (Lipinski definition) is 3. The molecule has 3 nitrogen and oxygen atoms in total. The van der Waals surface area contributed by atoms with Crippen molar-refractivity contribution in [3.8, 4) is 11.5 Å². The molecular weight excluding hydrogens is 319 g/mol. The molecule has 0 bridgehead atoms. The van der Waals surface area contributed by atoms with Gasteiger partial charge >= 0.3 is 0 Å². The fourth-order valence-electron chi connectivity index (χ4n) is 1.21. The average Bonchev–Trinajstić information content (AvgIpc) is 2.30. The molecule has 1 rings (SSSR count). The van der Waals surface area contributed by atoms with E-state index in [1.807, 2.05) is 6.92 Å². The molecule has 4 heteroatoms. The summed E-state index contributed by atoms with van der Waals surface area (Å²) < 4.78 is 11.9. The van der Waals surface area contributed by atoms with E-state index in [2.05, 4.69) is 29.5 Å². The van der Waals surface area contributed by atoms with Crippen LogP contribution in [0.5, 0.6) is 11.5 Å². The maximum absolute atomic E-state index is 10.7. The van der Waals surface area contributed by atoms with E-state index in [0.29, 0.717) is 17.1 Å². The Labute approximate surface area is 109 Å². The smallest absolute Gasteiger partial charge is 0.174 e. The molecule has 0 aromatic heterocycles. The third-order valence-corrected chi connectivity index (χ3v) is 3.08. The lowest BCUT2D eigenvalue weighted by atomic mass is 10.2. The first kappa shape index (κ1) is 13.3. The lowest BCUT2D eigenvalue weighted by Gasteiger charge is -2.17. The first-order valence-corrected chi connectivity index (χ1v) is 6.19. The fraction of sp³-hybridized carbons (Fsp3) is 0.417. The minimum absolute atomic E-state index is 0.129. The SMILES string of the molecule is CC[C@@H](C)Oc1c(I)cc(C=O)cc1OC. The molecule has 0 aliphatic carbocycles. The van der Waals surface area contributed by atoms with E-state index in [-0.39, 0.29) is 6.10 Å². The van der Waals surface area contributed by atoms with Gasteiger partial charge in [-0.15, -0.1) is 0 Å². The molecule has 0 saturated heterocycles. The first-order valence-electron chi connectivity index (χ1n) is 5.11. The number of hydrogen-bond donors (Lipinski definition) is 0. The van der Waals surface area contributed by atoms with Crippen molar-refractivity contribution in [1.29, 1.82) is 0 Å². The largest absolute Gasteiger partial charge is 0.493 e. The molecule has 0 heterocycles. The summed E-state index contributed by atoms with van der Waals surface area (Å²) >= 11 is 2.14. The minimum atomic E-state index is 0.129. The van der Waals surface area contributed by atoms with Gasteiger partial charge in [0, 0.05) is 5.56 Å². The highest BCUT2D eigenvalue weighted by molar-refractivity contribution is 14.1. The van der Waals surface area contributed by atoms with Crippen LogP contribution in [0.3, 0.4) is 0 Å². The fourth-order valence-corrected chi connectivity index (χ4v) is 1.96. The van der Waals surface area contributed by atoms with Crippen LogP contribution in [0.25, 0.3) is 0 Å². The van der Waals surface area contributed by atoms with E-state index in [1.54, 1.807) is 19.2 Å². The predicted molar refractivity (Wildman–Crippen MR) is 71.5 cm³/mol. The zero-order valence-electron chi connectivity index (χ0n) is 9.62. The third-order valence-electron chi connectivity index (χ3n) is 2.28. The second-order valence-corrected chi connectivity index (χ2v) is 4.65. The number of halogens is 1. The van der Waals surface area contributed by atoms with Crippen molar-refractivity contribution in [2.24, 2.45) is 0 Å². The molecule has 0 aliphatic rings. The summed E-state index contributed by atoms with van der Waals surface area (Å²) in [4.78, 5) is 10.7. The van der Waals surface area contributed by atoms with Crippen molar-refractivity contribution in [2.45, 2.75) is 26.4 Å². The Hall–Kier alpha value is -0.780. The normalized spacial score (nSPS) is 12.0. The van der Waals surface area contributed by atoms with Gasteiger partial charge in [0.05, 0.1) is 16.8 Å². The topological polar surface area (TPSA) is 35.5 Å². The highest BCUT2D eigenvalue weighted by Gasteiger charge is 2.13. The molecule has 1 atom stereocenters. The van der Waals surface area contributed by atoms with Crippen LogP contribution < -0.4 is 9.47 Å². The number of carbonyl (C=O) groups is 1. The van der Waals surface area contributed by atoms with Gasteiger partial charge in [-0.3, -0.25) is 4.79 Å². The van der Waals surface area contributed by atoms with E-state index in [4.69, 9.17) is 9.47 Å². The molecule has 0 saturated carbocycles. The van der Waals surface area contributed by atoms with Crippen molar-refractivity contribution in [2.75, 3.05) is 7.11 Å². The van der Waals surface area contributed by atoms with Gasteiger partial charge in [0.1, 0.15) is 6.29 Å². The molecule has 16 heavy (non-hydrogen) atoms. The summed E-state index contributed by atoms with van der Waals surface area (Å²) in [6, 6.07) is 3.47. The van der Waals surface area contributed by atoms with Crippen molar-refractivity contribution >= 4 is 28.9 Å². The van der Waals surface area contributed by atoms with Crippen LogP contribution in [-0.4, -0.2) is 19.5 Å². The predicted octanol–water partition coefficient (Wildman–Crippen LogP) is 3.29. The molecule has 0 N–H and O–H groups in total. The summed E-state index contributed by atoms with van der Waals surface area (Å²) in [5.74, 6) is 1.32. The molecule has 0 unspecified atom stereocenters. The van der Waals surface area contributed by atoms with E-state index in [0.717, 1.165) is 16.3 Å². The Bertz CT molecular complexity index is 377. The average molecular weight is 334 g/mol. The minimum Gasteiger partial charge on any atom is -0.493 e. The van der Waals surface area contributed by atoms with Crippen LogP contribution in [0.1, 0.15) is 30.6 Å². The molecule has 88 valence electrons. The number of ether oxygens (including phenoxy) is 2. The van der Waals surface area contributed by atoms with Gasteiger partial charge in [-0.1, -0.05) is 6.92 Å². The number of methoxy groups -OCH3 is 1. The molecule has 0 radical (unpaired) electrons. The van der Waals surface area contributed by atoms with Crippen LogP contribution in [0.15, 0.2) is 12.1 Å². The van der Waals surface area contributed by atoms with Crippen molar-refractivity contribution in [3.63, 3.8) is 0 Å². The zero-order chi connectivity index (χ0) is 12.1. The Morgan fingerprint density at radius 3 is 2.69 bits per heavy atom. The summed E-state index contributed by atoms with van der Waals surface area (Å²) in [7, 11) is 1.57. The maximum atomic E-state index is 10.7. The van der Waals surface area contributed by atoms with Gasteiger partial charge in [-0.25, -0.2) is 0 Å². The lowest BCUT2D eigenvalue weighted by molar-refractivity contribution is 0.112. The van der Waals surface area contributed by atoms with Crippen LogP contribution in [0.2, 0.25) is 0 Å². The molecule has 0 fully saturated rings. The van der Waals surface area contributed by atoms with Gasteiger partial charge in [-0.05, 0) is 48.1 Å². The van der Waals surface area contributed by atoms with Gasteiger partial charge in [0.25, 0.3) is 0 Å². The molecule has 1 aromatic rings. The maximum Gasteiger partial charge on any atom is 0.174 e. The Morgan fingerprint density at radius 2 is 2.19 bits per heavy atom. The Morgan fingerprint density at radius 1 is 1.50 bits per heavy atom. The Kier molecular flexibility index (Phi) is 5.05. The molecule has 1 aromatic carbocycles. The van der Waals surface area contributed by atoms with Crippen LogP contribution in [0, 0.1) is 3.57 Å². The van der Waals surface area contributed by atoms with Crippen molar-refractivity contribution < 1.29 is 14.3 Å². The number of rotatable bonds is 5. The van der Waals surface area contributed by atoms with Crippen LogP contribution in [-0.2, 0) is 0 Å². The van der Waals surface area contributed by atoms with Gasteiger partial charge in [0.2, 0.25) is 0 Å². The Balaban J connectivity index is 3.11. The molecule has 0 aliphatic heterocycles. The standard InChI is InChI=1S/C12H15IO3/c1-4-8(2)16-12-10(13)5-9(7-14)6-11(12)15-3/h5-8H,4H2,1-3H3/t8-/m1/s1. The molecule has 0 spiro atoms. The lowest BCUT2D eigenvalue weighted by Crippen LogP contribution is -2.11. The van der Waals surface area contributed by atoms with E-state index < -0.39 is 0 Å². The summed E-state index contributed by atoms with van der Waals surface area (Å²) in [5.41, 5.74) is 0.595. The van der Waals surface area contributed by atoms with Gasteiger partial charge in [0.15, 0.2) is 11.5 Å². The first-order chi connectivity index (χ1) is 7.62. The quantitative estimate of drug-likeness (QED) is 0.612. The highest BCUT2D eigenvalue weighted by Crippen LogP contribution is 2.34. The number of carbonyl (C=O) groups excluding carboxylic acids is 1. The molecule has 0 amide bonds. The summed E-state index contributed by atoms with van der Waals surface area (Å²) in [6.45, 7) is 4.06. The monoisotopic (exact) mass is 334 g/mol. The van der Waals surface area contributed by atoms with E-state index in [1.165, 1.54) is 0 Å². The summed E-state index contributed by atoms with van der Waals surface area (Å²) in [6.07, 6.45) is 1.86. The number of aldehydes is 1. The van der Waals surface area contributed by atoms with Crippen LogP contribution >= 0.6 is 22.6 Å². The zero-order valence-corrected chi connectivity index (χ0v) is 11.8. The van der Waals surface area contributed by atoms with E-state index >= 15 is 0 Å². The van der Waals surface area contributed by atoms with Gasteiger partial charge < -0.3 is 9.47 Å². The van der Waals surface area contributed by atoms with Crippen molar-refractivity contribution in [1.82, 2.24) is 0 Å². The second-order valence-electron chi connectivity index (χ2n) is 3.49. The second kappa shape index (κ2) is 6.08. The summed E-state index contributed by atoms with van der Waals surface area (Å²) in [5, 5.41) is 0. The third kappa shape index (κ3) is 3.10. The van der Waals surface area contributed by atoms with Gasteiger partial charge in [-0.2, -0.15) is 0 Å². The van der Waals surface area contributed by atoms with Crippen LogP contribution in [0.4, 0.5) is 0 Å². The van der Waals surface area contributed by atoms with E-state index in [9.17, 15) is 4.79 Å². The molecular formula is C12H15IO3.